The summed E-state index contributed by atoms with van der Waals surface area (Å²) in [5.74, 6) is 0. The SMILES string of the molecule is Cc1ccc(-n2cc(N)cn2)cc1. The number of rotatable bonds is 1. The summed E-state index contributed by atoms with van der Waals surface area (Å²) in [7, 11) is 0. The van der Waals surface area contributed by atoms with E-state index in [0.717, 1.165) is 5.69 Å². The predicted molar refractivity (Wildman–Crippen MR) is 52.7 cm³/mol. The molecule has 66 valence electrons. The third-order valence-corrected chi connectivity index (χ3v) is 1.90. The second-order valence-electron chi connectivity index (χ2n) is 3.05. The van der Waals surface area contributed by atoms with Gasteiger partial charge in [0.2, 0.25) is 0 Å². The average Bonchev–Trinajstić information content (AvgIpc) is 2.53. The number of aromatic nitrogens is 2. The highest BCUT2D eigenvalue weighted by molar-refractivity contribution is 5.38. The molecule has 13 heavy (non-hydrogen) atoms. The molecule has 0 radical (unpaired) electrons. The molecule has 1 heterocycles. The van der Waals surface area contributed by atoms with E-state index in [9.17, 15) is 0 Å². The lowest BCUT2D eigenvalue weighted by Crippen LogP contribution is -1.93. The minimum absolute atomic E-state index is 0.681. The van der Waals surface area contributed by atoms with Gasteiger partial charge in [0.1, 0.15) is 0 Å². The molecule has 1 aromatic carbocycles. The van der Waals surface area contributed by atoms with Crippen molar-refractivity contribution in [2.75, 3.05) is 5.73 Å². The van der Waals surface area contributed by atoms with Crippen molar-refractivity contribution in [3.05, 3.63) is 42.2 Å². The summed E-state index contributed by atoms with van der Waals surface area (Å²) in [6.07, 6.45) is 3.44. The zero-order valence-corrected chi connectivity index (χ0v) is 7.44. The Morgan fingerprint density at radius 1 is 1.23 bits per heavy atom. The van der Waals surface area contributed by atoms with E-state index >= 15 is 0 Å². The minimum atomic E-state index is 0.681. The van der Waals surface area contributed by atoms with Gasteiger partial charge in [0.25, 0.3) is 0 Å². The summed E-state index contributed by atoms with van der Waals surface area (Å²) in [6, 6.07) is 8.13. The van der Waals surface area contributed by atoms with Gasteiger partial charge in [0.15, 0.2) is 0 Å². The van der Waals surface area contributed by atoms with E-state index in [2.05, 4.69) is 12.0 Å². The summed E-state index contributed by atoms with van der Waals surface area (Å²) in [4.78, 5) is 0. The highest BCUT2D eigenvalue weighted by Crippen LogP contribution is 2.09. The first-order valence-electron chi connectivity index (χ1n) is 4.13. The fourth-order valence-electron chi connectivity index (χ4n) is 1.18. The van der Waals surface area contributed by atoms with Crippen molar-refractivity contribution < 1.29 is 0 Å². The van der Waals surface area contributed by atoms with Crippen LogP contribution in [0.3, 0.4) is 0 Å². The van der Waals surface area contributed by atoms with Crippen LogP contribution in [0.4, 0.5) is 5.69 Å². The Bertz CT molecular complexity index is 400. The highest BCUT2D eigenvalue weighted by Gasteiger charge is 1.96. The molecule has 0 fully saturated rings. The first-order chi connectivity index (χ1) is 6.25. The number of aryl methyl sites for hydroxylation is 1. The fraction of sp³-hybridized carbons (Fsp3) is 0.100. The van der Waals surface area contributed by atoms with Crippen LogP contribution in [0, 0.1) is 6.92 Å². The van der Waals surface area contributed by atoms with Crippen molar-refractivity contribution in [3.8, 4) is 5.69 Å². The van der Waals surface area contributed by atoms with Gasteiger partial charge in [-0.05, 0) is 19.1 Å². The van der Waals surface area contributed by atoms with Gasteiger partial charge in [0, 0.05) is 0 Å². The highest BCUT2D eigenvalue weighted by atomic mass is 15.3. The predicted octanol–water partition coefficient (Wildman–Crippen LogP) is 1.76. The maximum absolute atomic E-state index is 5.56. The number of hydrogen-bond acceptors (Lipinski definition) is 2. The second-order valence-corrected chi connectivity index (χ2v) is 3.05. The lowest BCUT2D eigenvalue weighted by atomic mass is 10.2. The molecule has 0 aliphatic rings. The van der Waals surface area contributed by atoms with Gasteiger partial charge >= 0.3 is 0 Å². The van der Waals surface area contributed by atoms with Crippen LogP contribution in [0.15, 0.2) is 36.7 Å². The number of benzene rings is 1. The van der Waals surface area contributed by atoms with Crippen molar-refractivity contribution in [2.45, 2.75) is 6.92 Å². The third-order valence-electron chi connectivity index (χ3n) is 1.90. The summed E-state index contributed by atoms with van der Waals surface area (Å²) in [5, 5.41) is 4.11. The van der Waals surface area contributed by atoms with Crippen molar-refractivity contribution in [1.82, 2.24) is 9.78 Å². The van der Waals surface area contributed by atoms with Crippen LogP contribution in [0.5, 0.6) is 0 Å². The first-order valence-corrected chi connectivity index (χ1v) is 4.13. The zero-order chi connectivity index (χ0) is 9.26. The summed E-state index contributed by atoms with van der Waals surface area (Å²) in [6.45, 7) is 2.06. The Labute approximate surface area is 76.8 Å². The van der Waals surface area contributed by atoms with E-state index in [1.54, 1.807) is 17.1 Å². The molecule has 0 atom stereocenters. The molecule has 0 aliphatic heterocycles. The molecular formula is C10H11N3. The summed E-state index contributed by atoms with van der Waals surface area (Å²) < 4.78 is 1.76. The van der Waals surface area contributed by atoms with E-state index in [-0.39, 0.29) is 0 Å². The maximum atomic E-state index is 5.56. The smallest absolute Gasteiger partial charge is 0.0724 e. The molecule has 0 spiro atoms. The molecule has 2 aromatic rings. The van der Waals surface area contributed by atoms with E-state index in [0.29, 0.717) is 5.69 Å². The van der Waals surface area contributed by atoms with Gasteiger partial charge in [0.05, 0.1) is 23.8 Å². The standard InChI is InChI=1S/C10H11N3/c1-8-2-4-10(5-3-8)13-7-9(11)6-12-13/h2-7H,11H2,1H3. The van der Waals surface area contributed by atoms with Gasteiger partial charge < -0.3 is 5.73 Å². The van der Waals surface area contributed by atoms with E-state index < -0.39 is 0 Å². The minimum Gasteiger partial charge on any atom is -0.396 e. The monoisotopic (exact) mass is 173 g/mol. The molecule has 0 saturated heterocycles. The molecule has 0 aliphatic carbocycles. The van der Waals surface area contributed by atoms with Crippen LogP contribution < -0.4 is 5.73 Å². The Kier molecular flexibility index (Phi) is 1.77. The number of nitrogen functional groups attached to an aromatic ring is 1. The van der Waals surface area contributed by atoms with Crippen molar-refractivity contribution in [3.63, 3.8) is 0 Å². The average molecular weight is 173 g/mol. The molecule has 3 nitrogen and oxygen atoms in total. The summed E-state index contributed by atoms with van der Waals surface area (Å²) in [5.41, 5.74) is 8.51. The lowest BCUT2D eigenvalue weighted by molar-refractivity contribution is 0.880. The topological polar surface area (TPSA) is 43.8 Å². The van der Waals surface area contributed by atoms with E-state index in [1.807, 2.05) is 24.3 Å². The van der Waals surface area contributed by atoms with Gasteiger partial charge in [-0.25, -0.2) is 4.68 Å². The number of anilines is 1. The van der Waals surface area contributed by atoms with Crippen LogP contribution in [0.2, 0.25) is 0 Å². The molecular weight excluding hydrogens is 162 g/mol. The molecule has 1 aromatic heterocycles. The summed E-state index contributed by atoms with van der Waals surface area (Å²) >= 11 is 0. The third kappa shape index (κ3) is 1.54. The fourth-order valence-corrected chi connectivity index (χ4v) is 1.18. The Morgan fingerprint density at radius 2 is 1.92 bits per heavy atom. The van der Waals surface area contributed by atoms with Crippen LogP contribution in [-0.4, -0.2) is 9.78 Å². The van der Waals surface area contributed by atoms with Crippen LogP contribution >= 0.6 is 0 Å². The maximum Gasteiger partial charge on any atom is 0.0724 e. The quantitative estimate of drug-likeness (QED) is 0.714. The van der Waals surface area contributed by atoms with E-state index in [4.69, 9.17) is 5.73 Å². The Morgan fingerprint density at radius 3 is 2.46 bits per heavy atom. The van der Waals surface area contributed by atoms with E-state index in [1.165, 1.54) is 5.56 Å². The molecule has 0 amide bonds. The van der Waals surface area contributed by atoms with Crippen LogP contribution in [-0.2, 0) is 0 Å². The normalized spacial score (nSPS) is 10.2. The van der Waals surface area contributed by atoms with Crippen molar-refractivity contribution >= 4 is 5.69 Å². The van der Waals surface area contributed by atoms with Crippen molar-refractivity contribution in [2.24, 2.45) is 0 Å². The van der Waals surface area contributed by atoms with Gasteiger partial charge in [-0.15, -0.1) is 0 Å². The largest absolute Gasteiger partial charge is 0.396 e. The molecule has 2 rings (SSSR count). The zero-order valence-electron chi connectivity index (χ0n) is 7.44. The van der Waals surface area contributed by atoms with Crippen LogP contribution in [0.25, 0.3) is 5.69 Å². The molecule has 3 heteroatoms. The van der Waals surface area contributed by atoms with Gasteiger partial charge in [-0.2, -0.15) is 5.10 Å². The number of nitrogens with zero attached hydrogens (tertiary/aromatic N) is 2. The van der Waals surface area contributed by atoms with Crippen molar-refractivity contribution in [1.29, 1.82) is 0 Å². The van der Waals surface area contributed by atoms with Crippen LogP contribution in [0.1, 0.15) is 5.56 Å². The molecule has 0 saturated carbocycles. The Balaban J connectivity index is 2.41. The molecule has 2 N–H and O–H groups in total. The first kappa shape index (κ1) is 7.86. The second kappa shape index (κ2) is 2.94. The molecule has 0 unspecified atom stereocenters. The van der Waals surface area contributed by atoms with Gasteiger partial charge in [-0.1, -0.05) is 17.7 Å². The number of nitrogens with two attached hydrogens (primary N) is 1. The van der Waals surface area contributed by atoms with Gasteiger partial charge in [-0.3, -0.25) is 0 Å². The number of hydrogen-bond donors (Lipinski definition) is 1. The molecule has 0 bridgehead atoms. The Hall–Kier alpha value is -1.77. The lowest BCUT2D eigenvalue weighted by Gasteiger charge is -2.00.